The van der Waals surface area contributed by atoms with Crippen LogP contribution in [0.1, 0.15) is 85.9 Å². The zero-order valence-corrected chi connectivity index (χ0v) is 26.6. The molecule has 1 aromatic heterocycles. The lowest BCUT2D eigenvalue weighted by Crippen LogP contribution is -2.30. The Morgan fingerprint density at radius 2 is 1.17 bits per heavy atom. The number of Topliss-reactive ketones (excluding diaryl/α,β-unsaturated/α-hetero) is 2. The van der Waals surface area contributed by atoms with E-state index in [1.165, 1.54) is 19.2 Å². The molecule has 12 heteroatoms. The molecule has 3 aromatic rings. The van der Waals surface area contributed by atoms with E-state index >= 15 is 0 Å². The number of fused-ring (bicyclic) bond motifs is 2. The van der Waals surface area contributed by atoms with Crippen LogP contribution in [-0.2, 0) is 19.2 Å². The Morgan fingerprint density at radius 1 is 0.717 bits per heavy atom. The Kier molecular flexibility index (Phi) is 8.73. The van der Waals surface area contributed by atoms with Crippen LogP contribution in [0.5, 0.6) is 17.2 Å². The molecule has 3 aliphatic rings. The number of ketones is 2. The topological polar surface area (TPSA) is 146 Å². The first-order valence-corrected chi connectivity index (χ1v) is 16.3. The van der Waals surface area contributed by atoms with Gasteiger partial charge >= 0.3 is 11.9 Å². The van der Waals surface area contributed by atoms with Crippen molar-refractivity contribution in [3.8, 4) is 17.2 Å². The third-order valence-electron chi connectivity index (χ3n) is 9.43. The summed E-state index contributed by atoms with van der Waals surface area (Å²) >= 11 is 1.13. The number of benzene rings is 2. The summed E-state index contributed by atoms with van der Waals surface area (Å²) < 4.78 is 17.5. The maximum absolute atomic E-state index is 14.0. The molecule has 0 radical (unpaired) electrons. The summed E-state index contributed by atoms with van der Waals surface area (Å²) in [4.78, 5) is 83.5. The zero-order chi connectivity index (χ0) is 32.7. The van der Waals surface area contributed by atoms with Crippen molar-refractivity contribution < 1.29 is 43.0 Å². The SMILES string of the molecule is COc1ccc2sc(N3C(=O)c4c(OC(=O)C5CCC(C(C)=O)CC5)ccc(OC(=O)C5CCC(C(C)=O)CC5)c4C3=O)nc2c1. The third kappa shape index (κ3) is 5.93. The van der Waals surface area contributed by atoms with E-state index in [1.54, 1.807) is 32.0 Å². The van der Waals surface area contributed by atoms with Gasteiger partial charge in [0, 0.05) is 17.9 Å². The molecule has 6 rings (SSSR count). The van der Waals surface area contributed by atoms with Gasteiger partial charge in [-0.05, 0) is 89.5 Å². The van der Waals surface area contributed by atoms with E-state index in [4.69, 9.17) is 14.2 Å². The van der Waals surface area contributed by atoms with Crippen molar-refractivity contribution in [3.05, 3.63) is 41.5 Å². The van der Waals surface area contributed by atoms with Crippen molar-refractivity contribution in [3.63, 3.8) is 0 Å². The van der Waals surface area contributed by atoms with Gasteiger partial charge < -0.3 is 14.2 Å². The van der Waals surface area contributed by atoms with E-state index in [0.29, 0.717) is 67.3 Å². The lowest BCUT2D eigenvalue weighted by atomic mass is 9.80. The number of rotatable bonds is 8. The first kappa shape index (κ1) is 31.5. The Labute approximate surface area is 269 Å². The lowest BCUT2D eigenvalue weighted by molar-refractivity contribution is -0.142. The molecule has 0 unspecified atom stereocenters. The minimum Gasteiger partial charge on any atom is -0.497 e. The molecule has 0 N–H and O–H groups in total. The molecule has 11 nitrogen and oxygen atoms in total. The number of esters is 2. The summed E-state index contributed by atoms with van der Waals surface area (Å²) in [7, 11) is 1.52. The van der Waals surface area contributed by atoms with Gasteiger partial charge in [0.1, 0.15) is 28.8 Å². The molecule has 2 amide bonds. The second kappa shape index (κ2) is 12.7. The number of aromatic nitrogens is 1. The minimum atomic E-state index is -0.756. The van der Waals surface area contributed by atoms with Crippen LogP contribution >= 0.6 is 11.3 Å². The fourth-order valence-corrected chi connectivity index (χ4v) is 7.56. The maximum atomic E-state index is 14.0. The summed E-state index contributed by atoms with van der Waals surface area (Å²) in [6, 6.07) is 7.94. The van der Waals surface area contributed by atoms with E-state index in [2.05, 4.69) is 4.98 Å². The number of methoxy groups -OCH3 is 1. The van der Waals surface area contributed by atoms with E-state index in [0.717, 1.165) is 16.2 Å². The molecule has 0 bridgehead atoms. The second-order valence-corrected chi connectivity index (χ2v) is 13.3. The van der Waals surface area contributed by atoms with Crippen LogP contribution in [0.4, 0.5) is 5.13 Å². The van der Waals surface area contributed by atoms with Gasteiger partial charge in [-0.2, -0.15) is 0 Å². The van der Waals surface area contributed by atoms with Crippen molar-refractivity contribution in [2.45, 2.75) is 65.2 Å². The highest BCUT2D eigenvalue weighted by atomic mass is 32.1. The highest BCUT2D eigenvalue weighted by Gasteiger charge is 2.45. The van der Waals surface area contributed by atoms with Crippen molar-refractivity contribution >= 4 is 62.0 Å². The smallest absolute Gasteiger partial charge is 0.314 e. The van der Waals surface area contributed by atoms with E-state index in [1.807, 2.05) is 0 Å². The Bertz CT molecular complexity index is 1680. The van der Waals surface area contributed by atoms with Crippen LogP contribution in [0.15, 0.2) is 30.3 Å². The maximum Gasteiger partial charge on any atom is 0.314 e. The van der Waals surface area contributed by atoms with Crippen LogP contribution in [0.2, 0.25) is 0 Å². The average Bonchev–Trinajstić information content (AvgIpc) is 3.59. The second-order valence-electron chi connectivity index (χ2n) is 12.2. The predicted molar refractivity (Wildman–Crippen MR) is 167 cm³/mol. The van der Waals surface area contributed by atoms with Crippen molar-refractivity contribution in [1.82, 2.24) is 4.98 Å². The van der Waals surface area contributed by atoms with Gasteiger partial charge in [0.15, 0.2) is 0 Å². The van der Waals surface area contributed by atoms with Gasteiger partial charge in [0.25, 0.3) is 11.8 Å². The van der Waals surface area contributed by atoms with Gasteiger partial charge in [-0.3, -0.25) is 28.8 Å². The number of hydrogen-bond acceptors (Lipinski definition) is 11. The van der Waals surface area contributed by atoms with E-state index in [9.17, 15) is 28.8 Å². The van der Waals surface area contributed by atoms with Crippen molar-refractivity contribution in [2.24, 2.45) is 23.7 Å². The van der Waals surface area contributed by atoms with E-state index in [-0.39, 0.29) is 51.2 Å². The molecule has 2 aromatic carbocycles. The summed E-state index contributed by atoms with van der Waals surface area (Å²) in [6.45, 7) is 3.10. The van der Waals surface area contributed by atoms with Crippen molar-refractivity contribution in [1.29, 1.82) is 0 Å². The Balaban J connectivity index is 1.31. The number of anilines is 1. The van der Waals surface area contributed by atoms with Crippen LogP contribution in [0, 0.1) is 23.7 Å². The summed E-state index contributed by atoms with van der Waals surface area (Å²) in [5.74, 6) is -3.18. The fraction of sp³-hybridized carbons (Fsp3) is 0.441. The lowest BCUT2D eigenvalue weighted by Gasteiger charge is -2.26. The number of imide groups is 1. The average molecular weight is 647 g/mol. The molecule has 2 fully saturated rings. The first-order valence-electron chi connectivity index (χ1n) is 15.5. The number of carbonyl (C=O) groups excluding carboxylic acids is 6. The quantitative estimate of drug-likeness (QED) is 0.169. The van der Waals surface area contributed by atoms with Crippen LogP contribution < -0.4 is 19.1 Å². The Hall–Kier alpha value is -4.45. The molecule has 2 saturated carbocycles. The number of thiazole rings is 1. The van der Waals surface area contributed by atoms with Gasteiger partial charge in [-0.25, -0.2) is 9.88 Å². The number of amides is 2. The van der Waals surface area contributed by atoms with Crippen LogP contribution in [-0.4, -0.2) is 47.4 Å². The molecule has 2 aliphatic carbocycles. The fourth-order valence-electron chi connectivity index (χ4n) is 6.62. The molecule has 0 saturated heterocycles. The third-order valence-corrected chi connectivity index (χ3v) is 10.5. The zero-order valence-electron chi connectivity index (χ0n) is 25.8. The molecular weight excluding hydrogens is 612 g/mol. The highest BCUT2D eigenvalue weighted by Crippen LogP contribution is 2.43. The molecule has 46 heavy (non-hydrogen) atoms. The minimum absolute atomic E-state index is 0.0821. The van der Waals surface area contributed by atoms with Gasteiger partial charge in [-0.15, -0.1) is 0 Å². The largest absolute Gasteiger partial charge is 0.497 e. The number of carbonyl (C=O) groups is 6. The normalized spacial score (nSPS) is 22.8. The molecule has 1 aliphatic heterocycles. The summed E-state index contributed by atoms with van der Waals surface area (Å²) in [6.07, 6.45) is 4.19. The summed E-state index contributed by atoms with van der Waals surface area (Å²) in [5, 5.41) is 0.106. The van der Waals surface area contributed by atoms with Crippen LogP contribution in [0.25, 0.3) is 10.2 Å². The monoisotopic (exact) mass is 646 g/mol. The Morgan fingerprint density at radius 3 is 1.61 bits per heavy atom. The summed E-state index contributed by atoms with van der Waals surface area (Å²) in [5.41, 5.74) is 0.160. The molecule has 240 valence electrons. The van der Waals surface area contributed by atoms with Gasteiger partial charge in [-0.1, -0.05) is 11.3 Å². The van der Waals surface area contributed by atoms with Crippen LogP contribution in [0.3, 0.4) is 0 Å². The van der Waals surface area contributed by atoms with E-state index < -0.39 is 35.6 Å². The molecule has 2 heterocycles. The first-order chi connectivity index (χ1) is 22.0. The number of ether oxygens (including phenoxy) is 3. The molecular formula is C34H34N2O9S. The number of nitrogens with zero attached hydrogens (tertiary/aromatic N) is 2. The number of hydrogen-bond donors (Lipinski definition) is 0. The standard InChI is InChI=1S/C34H34N2O9S/c1-17(37)19-4-8-21(9-5-19)32(41)44-25-13-14-26(45-33(42)22-10-6-20(7-11-22)18(2)38)29-28(25)30(39)36(31(29)40)34-35-24-16-23(43-3)12-15-27(24)46-34/h12-16,19-22H,4-11H2,1-3H3. The predicted octanol–water partition coefficient (Wildman–Crippen LogP) is 5.71. The van der Waals surface area contributed by atoms with Gasteiger partial charge in [0.2, 0.25) is 5.13 Å². The van der Waals surface area contributed by atoms with Gasteiger partial charge in [0.05, 0.1) is 40.3 Å². The molecule has 0 spiro atoms. The van der Waals surface area contributed by atoms with Crippen molar-refractivity contribution in [2.75, 3.05) is 12.0 Å². The molecule has 0 atom stereocenters. The highest BCUT2D eigenvalue weighted by molar-refractivity contribution is 7.22.